The van der Waals surface area contributed by atoms with Gasteiger partial charge in [-0.1, -0.05) is 0 Å². The van der Waals surface area contributed by atoms with Crippen LogP contribution in [0.3, 0.4) is 0 Å². The molecule has 1 rings (SSSR count). The van der Waals surface area contributed by atoms with Crippen molar-refractivity contribution in [3.8, 4) is 0 Å². The Morgan fingerprint density at radius 3 is 2.33 bits per heavy atom. The summed E-state index contributed by atoms with van der Waals surface area (Å²) in [7, 11) is -1.60. The molecule has 0 fully saturated rings. The Labute approximate surface area is 121 Å². The van der Waals surface area contributed by atoms with E-state index in [4.69, 9.17) is 4.74 Å². The minimum absolute atomic E-state index is 0.322. The van der Waals surface area contributed by atoms with E-state index >= 15 is 0 Å². The fraction of sp³-hybridized carbons (Fsp3) is 0.417. The van der Waals surface area contributed by atoms with Gasteiger partial charge in [0, 0.05) is 3.57 Å². The molecule has 0 aliphatic rings. The summed E-state index contributed by atoms with van der Waals surface area (Å²) in [6.45, 7) is 7.03. The van der Waals surface area contributed by atoms with Crippen molar-refractivity contribution in [2.75, 3.05) is 0 Å². The molecule has 2 N–H and O–H groups in total. The molecule has 4 nitrogen and oxygen atoms in total. The molecular formula is C12H16BIO4. The normalized spacial score (nSPS) is 11.3. The summed E-state index contributed by atoms with van der Waals surface area (Å²) in [4.78, 5) is 12.0. The summed E-state index contributed by atoms with van der Waals surface area (Å²) in [6.07, 6.45) is 0. The van der Waals surface area contributed by atoms with Gasteiger partial charge in [0.1, 0.15) is 5.60 Å². The minimum atomic E-state index is -1.60. The Hall–Kier alpha value is -0.595. The van der Waals surface area contributed by atoms with Crippen LogP contribution < -0.4 is 5.46 Å². The lowest BCUT2D eigenvalue weighted by molar-refractivity contribution is 0.00688. The molecule has 0 atom stereocenters. The molecule has 0 saturated carbocycles. The van der Waals surface area contributed by atoms with Crippen LogP contribution in [0.4, 0.5) is 0 Å². The first-order chi connectivity index (χ1) is 8.11. The van der Waals surface area contributed by atoms with E-state index in [0.29, 0.717) is 16.6 Å². The first kappa shape index (κ1) is 15.5. The van der Waals surface area contributed by atoms with Crippen molar-refractivity contribution in [2.24, 2.45) is 0 Å². The zero-order chi connectivity index (χ0) is 14.1. The van der Waals surface area contributed by atoms with Gasteiger partial charge in [0.25, 0.3) is 0 Å². The lowest BCUT2D eigenvalue weighted by atomic mass is 9.76. The molecular weight excluding hydrogens is 346 g/mol. The molecule has 0 bridgehead atoms. The minimum Gasteiger partial charge on any atom is -0.456 e. The Balaban J connectivity index is 3.21. The number of rotatable bonds is 2. The molecule has 0 saturated heterocycles. The van der Waals surface area contributed by atoms with Crippen LogP contribution in [-0.2, 0) is 4.74 Å². The highest BCUT2D eigenvalue weighted by Gasteiger charge is 2.24. The highest BCUT2D eigenvalue weighted by Crippen LogP contribution is 2.17. The highest BCUT2D eigenvalue weighted by atomic mass is 127. The number of hydrogen-bond acceptors (Lipinski definition) is 4. The first-order valence-corrected chi connectivity index (χ1v) is 6.59. The van der Waals surface area contributed by atoms with Gasteiger partial charge in [-0.15, -0.1) is 0 Å². The maximum atomic E-state index is 12.0. The second kappa shape index (κ2) is 5.58. The standard InChI is InChI=1S/C12H16BIO4/c1-7-9(11(15)18-12(2,3)4)5-8(14)6-10(7)13(16)17/h5-6,16-17H,1-4H3. The van der Waals surface area contributed by atoms with Gasteiger partial charge in [0.05, 0.1) is 5.56 Å². The fourth-order valence-corrected chi connectivity index (χ4v) is 2.16. The molecule has 6 heteroatoms. The molecule has 18 heavy (non-hydrogen) atoms. The monoisotopic (exact) mass is 362 g/mol. The van der Waals surface area contributed by atoms with Crippen LogP contribution in [0.15, 0.2) is 12.1 Å². The second-order valence-electron chi connectivity index (χ2n) is 5.04. The van der Waals surface area contributed by atoms with Crippen LogP contribution in [0.25, 0.3) is 0 Å². The van der Waals surface area contributed by atoms with Crippen molar-refractivity contribution in [1.29, 1.82) is 0 Å². The van der Waals surface area contributed by atoms with Gasteiger partial charge in [-0.3, -0.25) is 0 Å². The second-order valence-corrected chi connectivity index (χ2v) is 6.29. The van der Waals surface area contributed by atoms with E-state index in [2.05, 4.69) is 0 Å². The summed E-state index contributed by atoms with van der Waals surface area (Å²) >= 11 is 2.02. The number of carbonyl (C=O) groups is 1. The molecule has 0 heterocycles. The van der Waals surface area contributed by atoms with E-state index in [1.54, 1.807) is 39.8 Å². The summed E-state index contributed by atoms with van der Waals surface area (Å²) in [5.41, 5.74) is 0.630. The van der Waals surface area contributed by atoms with E-state index in [9.17, 15) is 14.8 Å². The van der Waals surface area contributed by atoms with Crippen LogP contribution in [-0.4, -0.2) is 28.7 Å². The largest absolute Gasteiger partial charge is 0.488 e. The topological polar surface area (TPSA) is 66.8 Å². The quantitative estimate of drug-likeness (QED) is 0.472. The number of benzene rings is 1. The van der Waals surface area contributed by atoms with Gasteiger partial charge >= 0.3 is 13.1 Å². The number of esters is 1. The van der Waals surface area contributed by atoms with E-state index < -0.39 is 18.7 Å². The van der Waals surface area contributed by atoms with Crippen LogP contribution in [0, 0.1) is 10.5 Å². The zero-order valence-electron chi connectivity index (χ0n) is 10.8. The summed E-state index contributed by atoms with van der Waals surface area (Å²) in [5.74, 6) is -0.458. The maximum Gasteiger partial charge on any atom is 0.488 e. The van der Waals surface area contributed by atoms with Crippen molar-refractivity contribution < 1.29 is 19.6 Å². The van der Waals surface area contributed by atoms with Crippen LogP contribution in [0.1, 0.15) is 36.7 Å². The van der Waals surface area contributed by atoms with E-state index in [0.717, 1.165) is 3.57 Å². The average Bonchev–Trinajstić information content (AvgIpc) is 2.17. The number of carbonyl (C=O) groups excluding carboxylic acids is 1. The third-order valence-corrected chi connectivity index (χ3v) is 2.93. The number of hydrogen-bond donors (Lipinski definition) is 2. The predicted octanol–water partition coefficient (Wildman–Crippen LogP) is 1.23. The Bertz CT molecular complexity index is 466. The predicted molar refractivity (Wildman–Crippen MR) is 78.9 cm³/mol. The third-order valence-electron chi connectivity index (χ3n) is 2.31. The Kier molecular flexibility index (Phi) is 4.80. The van der Waals surface area contributed by atoms with Gasteiger partial charge in [-0.25, -0.2) is 4.79 Å². The molecule has 0 aromatic heterocycles. The fourth-order valence-electron chi connectivity index (χ4n) is 1.51. The molecule has 0 unspecified atom stereocenters. The number of ether oxygens (including phenoxy) is 1. The molecule has 1 aromatic rings. The number of halogens is 1. The van der Waals surface area contributed by atoms with Gasteiger partial charge in [0.15, 0.2) is 0 Å². The van der Waals surface area contributed by atoms with Gasteiger partial charge < -0.3 is 14.8 Å². The molecule has 0 spiro atoms. The van der Waals surface area contributed by atoms with Crippen molar-refractivity contribution in [3.05, 3.63) is 26.8 Å². The Morgan fingerprint density at radius 2 is 1.89 bits per heavy atom. The molecule has 0 aliphatic heterocycles. The molecule has 0 aliphatic carbocycles. The van der Waals surface area contributed by atoms with E-state index in [-0.39, 0.29) is 0 Å². The third kappa shape index (κ3) is 3.96. The lowest BCUT2D eigenvalue weighted by Crippen LogP contribution is -2.34. The lowest BCUT2D eigenvalue weighted by Gasteiger charge is -2.21. The smallest absolute Gasteiger partial charge is 0.456 e. The highest BCUT2D eigenvalue weighted by molar-refractivity contribution is 14.1. The average molecular weight is 362 g/mol. The SMILES string of the molecule is Cc1c(B(O)O)cc(I)cc1C(=O)OC(C)(C)C. The molecule has 0 amide bonds. The summed E-state index contributed by atoms with van der Waals surface area (Å²) < 4.78 is 6.04. The Morgan fingerprint density at radius 1 is 1.33 bits per heavy atom. The van der Waals surface area contributed by atoms with Crippen molar-refractivity contribution in [1.82, 2.24) is 0 Å². The van der Waals surface area contributed by atoms with Gasteiger partial charge in [0.2, 0.25) is 0 Å². The van der Waals surface area contributed by atoms with Crippen LogP contribution in [0.5, 0.6) is 0 Å². The van der Waals surface area contributed by atoms with Crippen molar-refractivity contribution >= 4 is 41.1 Å². The van der Waals surface area contributed by atoms with Crippen molar-refractivity contribution in [3.63, 3.8) is 0 Å². The van der Waals surface area contributed by atoms with Gasteiger partial charge in [-0.05, 0) is 73.4 Å². The molecule has 98 valence electrons. The van der Waals surface area contributed by atoms with Crippen LogP contribution in [0.2, 0.25) is 0 Å². The molecule has 0 radical (unpaired) electrons. The molecule has 1 aromatic carbocycles. The van der Waals surface area contributed by atoms with Gasteiger partial charge in [-0.2, -0.15) is 0 Å². The first-order valence-electron chi connectivity index (χ1n) is 5.51. The summed E-state index contributed by atoms with van der Waals surface area (Å²) in [5, 5.41) is 18.5. The van der Waals surface area contributed by atoms with Crippen molar-refractivity contribution in [2.45, 2.75) is 33.3 Å². The van der Waals surface area contributed by atoms with E-state index in [1.165, 1.54) is 0 Å². The van der Waals surface area contributed by atoms with Crippen LogP contribution >= 0.6 is 22.6 Å². The summed E-state index contributed by atoms with van der Waals surface area (Å²) in [6, 6.07) is 3.31. The van der Waals surface area contributed by atoms with E-state index in [1.807, 2.05) is 22.6 Å². The zero-order valence-corrected chi connectivity index (χ0v) is 13.0. The maximum absolute atomic E-state index is 12.0.